The maximum atomic E-state index is 10.9. The number of benzene rings is 1. The molecular weight excluding hydrogens is 256 g/mol. The van der Waals surface area contributed by atoms with Gasteiger partial charge in [0.25, 0.3) is 0 Å². The molecule has 0 bridgehead atoms. The van der Waals surface area contributed by atoms with Crippen LogP contribution in [0.25, 0.3) is 11.3 Å². The number of nitrogens with one attached hydrogen (secondary N) is 1. The number of carboxylic acids is 1. The van der Waals surface area contributed by atoms with E-state index in [2.05, 4.69) is 15.6 Å². The van der Waals surface area contributed by atoms with Gasteiger partial charge in [0.15, 0.2) is 0 Å². The van der Waals surface area contributed by atoms with E-state index in [1.54, 1.807) is 0 Å². The summed E-state index contributed by atoms with van der Waals surface area (Å²) in [6, 6.07) is 9.60. The summed E-state index contributed by atoms with van der Waals surface area (Å²) in [7, 11) is 0. The number of rotatable bonds is 3. The largest absolute Gasteiger partial charge is 0.480 e. The zero-order valence-electron chi connectivity index (χ0n) is 10.9. The molecule has 2 N–H and O–H groups in total. The summed E-state index contributed by atoms with van der Waals surface area (Å²) in [6.07, 6.45) is 3.32. The van der Waals surface area contributed by atoms with Crippen LogP contribution < -0.4 is 5.32 Å². The first-order valence-corrected chi connectivity index (χ1v) is 6.67. The number of aliphatic carboxylic acids is 1. The third-order valence-electron chi connectivity index (χ3n) is 3.64. The van der Waals surface area contributed by atoms with Crippen LogP contribution in [0.5, 0.6) is 0 Å². The molecule has 1 aliphatic heterocycles. The van der Waals surface area contributed by atoms with Gasteiger partial charge in [-0.05, 0) is 12.8 Å². The van der Waals surface area contributed by atoms with Gasteiger partial charge in [-0.3, -0.25) is 4.79 Å². The second kappa shape index (κ2) is 5.42. The lowest BCUT2D eigenvalue weighted by atomic mass is 10.0. The first-order chi connectivity index (χ1) is 9.74. The molecule has 1 saturated heterocycles. The third-order valence-corrected chi connectivity index (χ3v) is 3.64. The molecule has 1 aliphatic rings. The molecule has 6 nitrogen and oxygen atoms in total. The smallest absolute Gasteiger partial charge is 0.320 e. The van der Waals surface area contributed by atoms with Gasteiger partial charge in [0.05, 0.1) is 12.2 Å². The van der Waals surface area contributed by atoms with Crippen LogP contribution in [0.2, 0.25) is 0 Å². The molecular formula is C14H16N4O2. The fraction of sp³-hybridized carbons (Fsp3) is 0.357. The zero-order chi connectivity index (χ0) is 13.9. The van der Waals surface area contributed by atoms with Crippen LogP contribution in [0.15, 0.2) is 36.5 Å². The van der Waals surface area contributed by atoms with Gasteiger partial charge in [-0.1, -0.05) is 35.5 Å². The Morgan fingerprint density at radius 2 is 2.10 bits per heavy atom. The molecule has 0 radical (unpaired) electrons. The lowest BCUT2D eigenvalue weighted by Gasteiger charge is -2.27. The van der Waals surface area contributed by atoms with E-state index in [9.17, 15) is 4.79 Å². The third kappa shape index (κ3) is 2.55. The first-order valence-electron chi connectivity index (χ1n) is 6.67. The maximum absolute atomic E-state index is 10.9. The van der Waals surface area contributed by atoms with Crippen LogP contribution in [0.3, 0.4) is 0 Å². The fourth-order valence-corrected chi connectivity index (χ4v) is 2.47. The normalized spacial score (nSPS) is 22.6. The molecule has 0 spiro atoms. The quantitative estimate of drug-likeness (QED) is 0.881. The molecule has 3 rings (SSSR count). The molecule has 1 aromatic carbocycles. The first kappa shape index (κ1) is 12.8. The minimum absolute atomic E-state index is 0.163. The number of hydrogen-bond donors (Lipinski definition) is 2. The number of aromatic nitrogens is 3. The van der Waals surface area contributed by atoms with Crippen molar-refractivity contribution in [2.24, 2.45) is 0 Å². The second-order valence-corrected chi connectivity index (χ2v) is 4.98. The average molecular weight is 272 g/mol. The Balaban J connectivity index is 1.71. The van der Waals surface area contributed by atoms with E-state index in [4.69, 9.17) is 5.11 Å². The van der Waals surface area contributed by atoms with Crippen LogP contribution in [-0.2, 0) is 4.79 Å². The number of piperidine rings is 1. The SMILES string of the molecule is O=C(O)C1CCC(n2cc(-c3ccccc3)nn2)CN1. The van der Waals surface area contributed by atoms with Crippen molar-refractivity contribution in [2.75, 3.05) is 6.54 Å². The predicted molar refractivity (Wildman–Crippen MR) is 73.2 cm³/mol. The molecule has 2 heterocycles. The highest BCUT2D eigenvalue weighted by molar-refractivity contribution is 5.73. The van der Waals surface area contributed by atoms with Crippen LogP contribution in [0, 0.1) is 0 Å². The van der Waals surface area contributed by atoms with E-state index in [1.165, 1.54) is 0 Å². The van der Waals surface area contributed by atoms with Crippen molar-refractivity contribution in [3.63, 3.8) is 0 Å². The number of carbonyl (C=O) groups is 1. The van der Waals surface area contributed by atoms with Gasteiger partial charge in [-0.15, -0.1) is 5.10 Å². The maximum Gasteiger partial charge on any atom is 0.320 e. The van der Waals surface area contributed by atoms with E-state index in [-0.39, 0.29) is 6.04 Å². The molecule has 6 heteroatoms. The summed E-state index contributed by atoms with van der Waals surface area (Å²) in [6.45, 7) is 0.606. The monoisotopic (exact) mass is 272 g/mol. The van der Waals surface area contributed by atoms with Crippen molar-refractivity contribution in [1.29, 1.82) is 0 Å². The average Bonchev–Trinajstić information content (AvgIpc) is 2.98. The summed E-state index contributed by atoms with van der Waals surface area (Å²) < 4.78 is 1.83. The Morgan fingerprint density at radius 3 is 2.75 bits per heavy atom. The highest BCUT2D eigenvalue weighted by atomic mass is 16.4. The fourth-order valence-electron chi connectivity index (χ4n) is 2.47. The van der Waals surface area contributed by atoms with Gasteiger partial charge in [-0.2, -0.15) is 0 Å². The number of carboxylic acid groups (broad SMARTS) is 1. The van der Waals surface area contributed by atoms with Gasteiger partial charge in [0.1, 0.15) is 11.7 Å². The van der Waals surface area contributed by atoms with Crippen LogP contribution in [0.1, 0.15) is 18.9 Å². The minimum Gasteiger partial charge on any atom is -0.480 e. The molecule has 2 unspecified atom stereocenters. The van der Waals surface area contributed by atoms with Crippen LogP contribution in [-0.4, -0.2) is 38.7 Å². The Bertz CT molecular complexity index is 588. The van der Waals surface area contributed by atoms with Gasteiger partial charge in [0.2, 0.25) is 0 Å². The van der Waals surface area contributed by atoms with E-state index < -0.39 is 12.0 Å². The molecule has 0 aliphatic carbocycles. The van der Waals surface area contributed by atoms with Gasteiger partial charge in [-0.25, -0.2) is 4.68 Å². The van der Waals surface area contributed by atoms with Crippen LogP contribution >= 0.6 is 0 Å². The van der Waals surface area contributed by atoms with E-state index in [0.717, 1.165) is 17.7 Å². The molecule has 20 heavy (non-hydrogen) atoms. The lowest BCUT2D eigenvalue weighted by Crippen LogP contribution is -2.44. The van der Waals surface area contributed by atoms with Crippen molar-refractivity contribution in [2.45, 2.75) is 24.9 Å². The van der Waals surface area contributed by atoms with Gasteiger partial charge >= 0.3 is 5.97 Å². The van der Waals surface area contributed by atoms with Gasteiger partial charge in [0, 0.05) is 12.1 Å². The Kier molecular flexibility index (Phi) is 3.47. The van der Waals surface area contributed by atoms with Crippen molar-refractivity contribution in [3.05, 3.63) is 36.5 Å². The Hall–Kier alpha value is -2.21. The summed E-state index contributed by atoms with van der Waals surface area (Å²) in [5, 5.41) is 20.3. The van der Waals surface area contributed by atoms with Crippen molar-refractivity contribution >= 4 is 5.97 Å². The summed E-state index contributed by atoms with van der Waals surface area (Å²) in [5.74, 6) is -0.785. The van der Waals surface area contributed by atoms with E-state index in [1.807, 2.05) is 41.2 Å². The van der Waals surface area contributed by atoms with E-state index >= 15 is 0 Å². The topological polar surface area (TPSA) is 80.0 Å². The summed E-state index contributed by atoms with van der Waals surface area (Å²) >= 11 is 0. The predicted octanol–water partition coefficient (Wildman–Crippen LogP) is 1.32. The highest BCUT2D eigenvalue weighted by Crippen LogP contribution is 2.21. The number of nitrogens with zero attached hydrogens (tertiary/aromatic N) is 3. The second-order valence-electron chi connectivity index (χ2n) is 4.98. The molecule has 2 aromatic rings. The van der Waals surface area contributed by atoms with Crippen molar-refractivity contribution in [1.82, 2.24) is 20.3 Å². The molecule has 104 valence electrons. The molecule has 1 fully saturated rings. The zero-order valence-corrected chi connectivity index (χ0v) is 10.9. The molecule has 0 saturated carbocycles. The van der Waals surface area contributed by atoms with E-state index in [0.29, 0.717) is 13.0 Å². The molecule has 1 aromatic heterocycles. The summed E-state index contributed by atoms with van der Waals surface area (Å²) in [4.78, 5) is 10.9. The summed E-state index contributed by atoms with van der Waals surface area (Å²) in [5.41, 5.74) is 1.87. The van der Waals surface area contributed by atoms with Crippen molar-refractivity contribution in [3.8, 4) is 11.3 Å². The Labute approximate surface area is 116 Å². The molecule has 2 atom stereocenters. The van der Waals surface area contributed by atoms with Crippen molar-refractivity contribution < 1.29 is 9.90 Å². The lowest BCUT2D eigenvalue weighted by molar-refractivity contribution is -0.140. The minimum atomic E-state index is -0.785. The highest BCUT2D eigenvalue weighted by Gasteiger charge is 2.26. The Morgan fingerprint density at radius 1 is 1.30 bits per heavy atom. The van der Waals surface area contributed by atoms with Gasteiger partial charge < -0.3 is 10.4 Å². The standard InChI is InChI=1S/C14H16N4O2/c19-14(20)12-7-6-11(8-15-12)18-9-13(16-17-18)10-4-2-1-3-5-10/h1-5,9,11-12,15H,6-8H2,(H,19,20). The van der Waals surface area contributed by atoms with Crippen LogP contribution in [0.4, 0.5) is 0 Å². The number of hydrogen-bond acceptors (Lipinski definition) is 4. The molecule has 0 amide bonds.